The Morgan fingerprint density at radius 3 is 1.89 bits per heavy atom. The van der Waals surface area contributed by atoms with Crippen LogP contribution in [0.1, 0.15) is 5.56 Å². The molecule has 0 heterocycles. The molecule has 7 nitrogen and oxygen atoms in total. The first kappa shape index (κ1) is 13.7. The van der Waals surface area contributed by atoms with E-state index in [1.807, 2.05) is 5.32 Å². The Bertz CT molecular complexity index is 456. The van der Waals surface area contributed by atoms with Crippen LogP contribution in [0.25, 0.3) is 0 Å². The van der Waals surface area contributed by atoms with E-state index in [1.54, 1.807) is 6.07 Å². The molecule has 0 fully saturated rings. The Labute approximate surface area is 102 Å². The summed E-state index contributed by atoms with van der Waals surface area (Å²) in [7, 11) is 0. The minimum atomic E-state index is -2.47. The molecule has 0 aliphatic heterocycles. The number of carbonyl (C=O) groups is 3. The molecule has 96 valence electrons. The lowest BCUT2D eigenvalue weighted by atomic mass is 9.90. The Morgan fingerprint density at radius 2 is 1.50 bits per heavy atom. The number of carboxylic acid groups (broad SMARTS) is 3. The van der Waals surface area contributed by atoms with E-state index < -0.39 is 30.0 Å². The molecule has 0 bridgehead atoms. The van der Waals surface area contributed by atoms with Gasteiger partial charge in [0, 0.05) is 0 Å². The zero-order chi connectivity index (χ0) is 13.8. The van der Waals surface area contributed by atoms with Crippen molar-refractivity contribution in [2.24, 2.45) is 0 Å². The van der Waals surface area contributed by atoms with Crippen molar-refractivity contribution >= 4 is 17.9 Å². The molecule has 1 rings (SSSR count). The molecule has 18 heavy (non-hydrogen) atoms. The Hall–Kier alpha value is -2.41. The molecule has 1 aromatic rings. The molecular formula is C11H11NO6. The average Bonchev–Trinajstić information content (AvgIpc) is 2.30. The van der Waals surface area contributed by atoms with Gasteiger partial charge in [-0.1, -0.05) is 30.3 Å². The van der Waals surface area contributed by atoms with Gasteiger partial charge in [0.1, 0.15) is 0 Å². The molecule has 0 aliphatic rings. The van der Waals surface area contributed by atoms with E-state index in [0.717, 1.165) is 0 Å². The van der Waals surface area contributed by atoms with Gasteiger partial charge in [-0.2, -0.15) is 0 Å². The van der Waals surface area contributed by atoms with Crippen LogP contribution in [0.15, 0.2) is 30.3 Å². The number of hydrogen-bond acceptors (Lipinski definition) is 4. The molecule has 0 atom stereocenters. The van der Waals surface area contributed by atoms with Gasteiger partial charge in [0.15, 0.2) is 0 Å². The van der Waals surface area contributed by atoms with Crippen LogP contribution in [0.2, 0.25) is 0 Å². The van der Waals surface area contributed by atoms with Crippen molar-refractivity contribution in [2.75, 3.05) is 6.54 Å². The molecule has 0 unspecified atom stereocenters. The van der Waals surface area contributed by atoms with E-state index in [2.05, 4.69) is 0 Å². The average molecular weight is 253 g/mol. The van der Waals surface area contributed by atoms with E-state index in [4.69, 9.17) is 15.3 Å². The number of carboxylic acids is 3. The fourth-order valence-electron chi connectivity index (χ4n) is 1.49. The van der Waals surface area contributed by atoms with Gasteiger partial charge in [0.2, 0.25) is 5.54 Å². The largest absolute Gasteiger partial charge is 0.480 e. The Balaban J connectivity index is 3.27. The minimum Gasteiger partial charge on any atom is -0.480 e. The Kier molecular flexibility index (Phi) is 4.01. The van der Waals surface area contributed by atoms with Gasteiger partial charge in [-0.3, -0.25) is 10.1 Å². The topological polar surface area (TPSA) is 124 Å². The Morgan fingerprint density at radius 1 is 1.00 bits per heavy atom. The van der Waals surface area contributed by atoms with Crippen LogP contribution in [0.5, 0.6) is 0 Å². The first-order valence-electron chi connectivity index (χ1n) is 4.90. The van der Waals surface area contributed by atoms with E-state index in [1.165, 1.54) is 24.3 Å². The number of nitrogens with one attached hydrogen (secondary N) is 1. The fourth-order valence-corrected chi connectivity index (χ4v) is 1.49. The molecule has 4 N–H and O–H groups in total. The van der Waals surface area contributed by atoms with Crippen LogP contribution in [-0.2, 0) is 19.9 Å². The normalized spacial score (nSPS) is 10.9. The van der Waals surface area contributed by atoms with Gasteiger partial charge in [-0.05, 0) is 5.56 Å². The van der Waals surface area contributed by atoms with Crippen molar-refractivity contribution in [3.63, 3.8) is 0 Å². The third kappa shape index (κ3) is 2.46. The molecule has 0 aliphatic carbocycles. The van der Waals surface area contributed by atoms with Crippen molar-refractivity contribution in [1.82, 2.24) is 5.32 Å². The summed E-state index contributed by atoms with van der Waals surface area (Å²) in [6, 6.07) is 7.14. The molecule has 0 saturated carbocycles. The maximum Gasteiger partial charge on any atom is 0.340 e. The van der Waals surface area contributed by atoms with Gasteiger partial charge < -0.3 is 15.3 Å². The van der Waals surface area contributed by atoms with Gasteiger partial charge >= 0.3 is 17.9 Å². The highest BCUT2D eigenvalue weighted by atomic mass is 16.4. The summed E-state index contributed by atoms with van der Waals surface area (Å²) >= 11 is 0. The highest BCUT2D eigenvalue weighted by molar-refractivity contribution is 6.04. The lowest BCUT2D eigenvalue weighted by Gasteiger charge is -2.25. The first-order valence-corrected chi connectivity index (χ1v) is 4.90. The van der Waals surface area contributed by atoms with Crippen LogP contribution >= 0.6 is 0 Å². The van der Waals surface area contributed by atoms with Crippen molar-refractivity contribution in [1.29, 1.82) is 0 Å². The summed E-state index contributed by atoms with van der Waals surface area (Å²) in [5.41, 5.74) is -2.52. The lowest BCUT2D eigenvalue weighted by molar-refractivity contribution is -0.160. The first-order chi connectivity index (χ1) is 8.41. The zero-order valence-electron chi connectivity index (χ0n) is 9.16. The molecule has 1 aromatic carbocycles. The number of benzene rings is 1. The van der Waals surface area contributed by atoms with Crippen LogP contribution in [0, 0.1) is 0 Å². The summed E-state index contributed by atoms with van der Waals surface area (Å²) in [5, 5.41) is 28.8. The maximum absolute atomic E-state index is 11.2. The van der Waals surface area contributed by atoms with Gasteiger partial charge in [-0.25, -0.2) is 9.59 Å². The second-order valence-corrected chi connectivity index (χ2v) is 3.47. The lowest BCUT2D eigenvalue weighted by Crippen LogP contribution is -2.56. The molecule has 0 radical (unpaired) electrons. The van der Waals surface area contributed by atoms with E-state index in [9.17, 15) is 14.4 Å². The summed E-state index contributed by atoms with van der Waals surface area (Å²) in [5.74, 6) is -4.71. The molecule has 0 amide bonds. The zero-order valence-corrected chi connectivity index (χ0v) is 9.16. The van der Waals surface area contributed by atoms with Gasteiger partial charge in [0.25, 0.3) is 0 Å². The van der Waals surface area contributed by atoms with Crippen molar-refractivity contribution in [3.8, 4) is 0 Å². The second kappa shape index (κ2) is 5.28. The number of hydrogen-bond donors (Lipinski definition) is 4. The maximum atomic E-state index is 11.2. The van der Waals surface area contributed by atoms with Crippen molar-refractivity contribution in [3.05, 3.63) is 35.9 Å². The van der Waals surface area contributed by atoms with Gasteiger partial charge in [-0.15, -0.1) is 0 Å². The molecule has 0 aromatic heterocycles. The summed E-state index contributed by atoms with van der Waals surface area (Å²) in [6.07, 6.45) is 0. The summed E-state index contributed by atoms with van der Waals surface area (Å²) < 4.78 is 0. The highest BCUT2D eigenvalue weighted by Gasteiger charge is 2.48. The third-order valence-corrected chi connectivity index (χ3v) is 2.35. The van der Waals surface area contributed by atoms with Crippen LogP contribution in [-0.4, -0.2) is 39.8 Å². The second-order valence-electron chi connectivity index (χ2n) is 3.47. The standard InChI is InChI=1S/C11H11NO6/c13-8(14)6-12-11(9(15)16,10(17)18)7-4-2-1-3-5-7/h1-5,12H,6H2,(H,13,14)(H,15,16)(H,17,18). The van der Waals surface area contributed by atoms with Gasteiger partial charge in [0.05, 0.1) is 6.54 Å². The summed E-state index contributed by atoms with van der Waals surface area (Å²) in [4.78, 5) is 33.0. The van der Waals surface area contributed by atoms with Crippen LogP contribution < -0.4 is 5.32 Å². The predicted octanol–water partition coefficient (Wildman–Crippen LogP) is -0.275. The number of rotatable bonds is 6. The molecule has 0 spiro atoms. The summed E-state index contributed by atoms with van der Waals surface area (Å²) in [6.45, 7) is -0.784. The molecular weight excluding hydrogens is 242 g/mol. The predicted molar refractivity (Wildman–Crippen MR) is 59.0 cm³/mol. The van der Waals surface area contributed by atoms with Crippen molar-refractivity contribution in [2.45, 2.75) is 5.54 Å². The highest BCUT2D eigenvalue weighted by Crippen LogP contribution is 2.22. The molecule has 0 saturated heterocycles. The monoisotopic (exact) mass is 253 g/mol. The van der Waals surface area contributed by atoms with Crippen LogP contribution in [0.3, 0.4) is 0 Å². The SMILES string of the molecule is O=C(O)CNC(C(=O)O)(C(=O)O)c1ccccc1. The van der Waals surface area contributed by atoms with E-state index in [-0.39, 0.29) is 5.56 Å². The number of aliphatic carboxylic acids is 3. The molecule has 7 heteroatoms. The third-order valence-electron chi connectivity index (χ3n) is 2.35. The fraction of sp³-hybridized carbons (Fsp3) is 0.182. The quantitative estimate of drug-likeness (QED) is 0.514. The van der Waals surface area contributed by atoms with E-state index >= 15 is 0 Å². The minimum absolute atomic E-state index is 0.0498. The van der Waals surface area contributed by atoms with E-state index in [0.29, 0.717) is 0 Å². The van der Waals surface area contributed by atoms with Crippen LogP contribution in [0.4, 0.5) is 0 Å². The smallest absolute Gasteiger partial charge is 0.340 e. The van der Waals surface area contributed by atoms with Crippen molar-refractivity contribution < 1.29 is 29.7 Å².